The summed E-state index contributed by atoms with van der Waals surface area (Å²) in [6, 6.07) is 2.27. The van der Waals surface area contributed by atoms with E-state index >= 15 is 0 Å². The van der Waals surface area contributed by atoms with Crippen LogP contribution in [-0.2, 0) is 0 Å². The molecule has 26 heavy (non-hydrogen) atoms. The van der Waals surface area contributed by atoms with Crippen molar-refractivity contribution in [2.75, 3.05) is 0 Å². The van der Waals surface area contributed by atoms with E-state index in [0.717, 1.165) is 0 Å². The first kappa shape index (κ1) is 17.6. The van der Waals surface area contributed by atoms with Crippen LogP contribution in [0.3, 0.4) is 0 Å². The summed E-state index contributed by atoms with van der Waals surface area (Å²) in [5, 5.41) is 5.52. The molecule has 0 radical (unpaired) electrons. The molecule has 0 saturated heterocycles. The van der Waals surface area contributed by atoms with E-state index in [1.807, 2.05) is 0 Å². The zero-order valence-electron chi connectivity index (χ0n) is 17.0. The average Bonchev–Trinajstić information content (AvgIpc) is 2.99. The summed E-state index contributed by atoms with van der Waals surface area (Å²) in [5.41, 5.74) is 13.6. The van der Waals surface area contributed by atoms with Gasteiger partial charge in [-0.2, -0.15) is 0 Å². The number of aryl methyl sites for hydroxylation is 4. The topological polar surface area (TPSA) is 15.8 Å². The highest BCUT2D eigenvalue weighted by Crippen LogP contribution is 2.44. The van der Waals surface area contributed by atoms with E-state index < -0.39 is 0 Å². The number of benzene rings is 3. The first-order valence-electron chi connectivity index (χ1n) is 9.27. The number of halogens is 1. The van der Waals surface area contributed by atoms with E-state index in [-0.39, 0.29) is 0 Å². The van der Waals surface area contributed by atoms with Gasteiger partial charge in [0.1, 0.15) is 0 Å². The van der Waals surface area contributed by atoms with Gasteiger partial charge < -0.3 is 4.98 Å². The van der Waals surface area contributed by atoms with Gasteiger partial charge in [-0.3, -0.25) is 0 Å². The molecule has 0 aliphatic rings. The number of H-pyrrole nitrogens is 1. The molecule has 3 aromatic carbocycles. The number of aromatic nitrogens is 1. The number of fused-ring (bicyclic) bond motifs is 5. The lowest BCUT2D eigenvalue weighted by molar-refractivity contribution is 1.24. The second kappa shape index (κ2) is 5.60. The van der Waals surface area contributed by atoms with Gasteiger partial charge in [0.25, 0.3) is 0 Å². The third-order valence-electron chi connectivity index (χ3n) is 6.91. The molecule has 1 nitrogen and oxygen atoms in total. The number of rotatable bonds is 0. The van der Waals surface area contributed by atoms with E-state index in [9.17, 15) is 0 Å². The fourth-order valence-electron chi connectivity index (χ4n) is 4.60. The van der Waals surface area contributed by atoms with E-state index in [1.165, 1.54) is 81.6 Å². The Kier molecular flexibility index (Phi) is 3.79. The average molecular weight is 408 g/mol. The summed E-state index contributed by atoms with van der Waals surface area (Å²) in [5.74, 6) is 0. The van der Waals surface area contributed by atoms with E-state index in [0.29, 0.717) is 0 Å². The molecule has 1 aromatic heterocycles. The smallest absolute Gasteiger partial charge is 0.0500 e. The first-order chi connectivity index (χ1) is 12.2. The predicted molar refractivity (Wildman–Crippen MR) is 119 cm³/mol. The maximum atomic E-state index is 3.86. The minimum atomic E-state index is 1.18. The van der Waals surface area contributed by atoms with Crippen molar-refractivity contribution in [2.24, 2.45) is 0 Å². The minimum Gasteiger partial charge on any atom is -0.354 e. The van der Waals surface area contributed by atoms with Crippen LogP contribution < -0.4 is 0 Å². The van der Waals surface area contributed by atoms with Gasteiger partial charge >= 0.3 is 0 Å². The summed E-state index contributed by atoms with van der Waals surface area (Å²) in [4.78, 5) is 3.74. The van der Waals surface area contributed by atoms with Crippen molar-refractivity contribution >= 4 is 48.5 Å². The summed E-state index contributed by atoms with van der Waals surface area (Å²) >= 11 is 3.86. The van der Waals surface area contributed by atoms with Crippen molar-refractivity contribution < 1.29 is 0 Å². The highest BCUT2D eigenvalue weighted by atomic mass is 79.9. The second-order valence-electron chi connectivity index (χ2n) is 7.91. The Bertz CT molecular complexity index is 1260. The number of hydrogen-bond acceptors (Lipinski definition) is 0. The fraction of sp³-hybridized carbons (Fsp3) is 0.333. The van der Waals surface area contributed by atoms with Crippen LogP contribution in [0.2, 0.25) is 0 Å². The fourth-order valence-corrected chi connectivity index (χ4v) is 5.33. The summed E-state index contributed by atoms with van der Waals surface area (Å²) in [6.45, 7) is 18.0. The molecule has 0 aliphatic heterocycles. The van der Waals surface area contributed by atoms with Gasteiger partial charge in [0, 0.05) is 31.7 Å². The van der Waals surface area contributed by atoms with Crippen LogP contribution in [0.25, 0.3) is 32.6 Å². The zero-order chi connectivity index (χ0) is 19.1. The Morgan fingerprint density at radius 2 is 1.00 bits per heavy atom. The summed E-state index contributed by atoms with van der Waals surface area (Å²) < 4.78 is 1.18. The Morgan fingerprint density at radius 3 is 1.58 bits per heavy atom. The molecule has 4 aromatic rings. The number of nitrogens with one attached hydrogen (secondary N) is 1. The lowest BCUT2D eigenvalue weighted by Crippen LogP contribution is -1.96. The van der Waals surface area contributed by atoms with Crippen molar-refractivity contribution in [1.29, 1.82) is 0 Å². The van der Waals surface area contributed by atoms with Gasteiger partial charge in [-0.05, 0) is 111 Å². The molecule has 0 spiro atoms. The second-order valence-corrected chi connectivity index (χ2v) is 8.76. The summed E-state index contributed by atoms with van der Waals surface area (Å²) in [7, 11) is 0. The Hall–Kier alpha value is -1.80. The van der Waals surface area contributed by atoms with Crippen LogP contribution >= 0.6 is 15.9 Å². The van der Waals surface area contributed by atoms with Gasteiger partial charge in [-0.15, -0.1) is 0 Å². The number of aromatic amines is 1. The van der Waals surface area contributed by atoms with Crippen LogP contribution in [0.5, 0.6) is 0 Å². The lowest BCUT2D eigenvalue weighted by Gasteiger charge is -2.17. The van der Waals surface area contributed by atoms with E-state index in [2.05, 4.69) is 82.4 Å². The highest BCUT2D eigenvalue weighted by molar-refractivity contribution is 9.10. The van der Waals surface area contributed by atoms with Crippen LogP contribution in [0, 0.1) is 55.4 Å². The Labute approximate surface area is 163 Å². The standard InChI is InChI=1S/C24H26BrN/c1-10-11(2)15(6)21-20(14(10)5)18(25)9-19-23(21)22-16(7)12(3)13(4)17(8)24(22)26-19/h9,26H,1-8H3. The summed E-state index contributed by atoms with van der Waals surface area (Å²) in [6.07, 6.45) is 0. The third-order valence-corrected chi connectivity index (χ3v) is 7.54. The highest BCUT2D eigenvalue weighted by Gasteiger charge is 2.20. The van der Waals surface area contributed by atoms with Gasteiger partial charge in [0.05, 0.1) is 0 Å². The van der Waals surface area contributed by atoms with E-state index in [4.69, 9.17) is 0 Å². The molecular formula is C24H26BrN. The molecule has 0 unspecified atom stereocenters. The largest absolute Gasteiger partial charge is 0.354 e. The Morgan fingerprint density at radius 1 is 0.538 bits per heavy atom. The molecule has 4 rings (SSSR count). The third kappa shape index (κ3) is 2.02. The molecule has 0 saturated carbocycles. The van der Waals surface area contributed by atoms with Gasteiger partial charge in [-0.25, -0.2) is 0 Å². The molecule has 0 fully saturated rings. The van der Waals surface area contributed by atoms with Gasteiger partial charge in [-0.1, -0.05) is 15.9 Å². The predicted octanol–water partition coefficient (Wildman–Crippen LogP) is 7.70. The molecule has 0 amide bonds. The van der Waals surface area contributed by atoms with Crippen LogP contribution in [-0.4, -0.2) is 4.98 Å². The molecule has 134 valence electrons. The van der Waals surface area contributed by atoms with Crippen molar-refractivity contribution in [3.63, 3.8) is 0 Å². The normalized spacial score (nSPS) is 12.0. The van der Waals surface area contributed by atoms with Crippen molar-refractivity contribution in [3.05, 3.63) is 55.0 Å². The minimum absolute atomic E-state index is 1.18. The SMILES string of the molecule is Cc1c(C)c(C)c2c([nH]c3cc(Br)c4c(C)c(C)c(C)c(C)c4c32)c1C. The van der Waals surface area contributed by atoms with E-state index in [1.54, 1.807) is 0 Å². The van der Waals surface area contributed by atoms with Gasteiger partial charge in [0.2, 0.25) is 0 Å². The van der Waals surface area contributed by atoms with Crippen LogP contribution in [0.15, 0.2) is 10.5 Å². The molecular weight excluding hydrogens is 382 g/mol. The van der Waals surface area contributed by atoms with Gasteiger partial charge in [0.15, 0.2) is 0 Å². The van der Waals surface area contributed by atoms with Crippen molar-refractivity contribution in [3.8, 4) is 0 Å². The molecule has 0 atom stereocenters. The Balaban J connectivity index is 2.46. The molecule has 2 heteroatoms. The molecule has 0 bridgehead atoms. The maximum absolute atomic E-state index is 3.86. The molecule has 1 N–H and O–H groups in total. The van der Waals surface area contributed by atoms with Crippen molar-refractivity contribution in [1.82, 2.24) is 4.98 Å². The molecule has 0 aliphatic carbocycles. The zero-order valence-corrected chi connectivity index (χ0v) is 18.5. The molecule has 1 heterocycles. The monoisotopic (exact) mass is 407 g/mol. The maximum Gasteiger partial charge on any atom is 0.0500 e. The first-order valence-corrected chi connectivity index (χ1v) is 10.1. The van der Waals surface area contributed by atoms with Crippen LogP contribution in [0.1, 0.15) is 44.5 Å². The quantitative estimate of drug-likeness (QED) is 0.307. The number of hydrogen-bond donors (Lipinski definition) is 1. The van der Waals surface area contributed by atoms with Crippen LogP contribution in [0.4, 0.5) is 0 Å². The lowest BCUT2D eigenvalue weighted by atomic mass is 9.88. The van der Waals surface area contributed by atoms with Crippen molar-refractivity contribution in [2.45, 2.75) is 55.4 Å².